The molecule has 220 valence electrons. The van der Waals surface area contributed by atoms with E-state index in [0.29, 0.717) is 24.8 Å². The highest BCUT2D eigenvalue weighted by Crippen LogP contribution is 2.31. The highest BCUT2D eigenvalue weighted by atomic mass is 16.7. The zero-order valence-corrected chi connectivity index (χ0v) is 24.1. The molecule has 0 saturated carbocycles. The van der Waals surface area contributed by atoms with Gasteiger partial charge in [0.15, 0.2) is 11.5 Å². The molecule has 0 bridgehead atoms. The van der Waals surface area contributed by atoms with E-state index in [0.717, 1.165) is 6.42 Å². The molecule has 0 aliphatic rings. The van der Waals surface area contributed by atoms with Gasteiger partial charge in [-0.1, -0.05) is 40.2 Å². The summed E-state index contributed by atoms with van der Waals surface area (Å²) >= 11 is 0. The van der Waals surface area contributed by atoms with Crippen LogP contribution in [0.2, 0.25) is 0 Å². The van der Waals surface area contributed by atoms with Gasteiger partial charge < -0.3 is 34.2 Å². The topological polar surface area (TPSA) is 150 Å². The minimum atomic E-state index is -1.56. The predicted octanol–water partition coefficient (Wildman–Crippen LogP) is 5.10. The first-order valence-electron chi connectivity index (χ1n) is 13.3. The van der Waals surface area contributed by atoms with Crippen LogP contribution in [-0.2, 0) is 35.0 Å². The summed E-state index contributed by atoms with van der Waals surface area (Å²) in [5.74, 6) is -1.57. The Morgan fingerprint density at radius 3 is 1.97 bits per heavy atom. The van der Waals surface area contributed by atoms with Gasteiger partial charge in [-0.2, -0.15) is 0 Å². The molecule has 0 radical (unpaired) electrons. The Hall–Kier alpha value is -3.34. The molecule has 3 unspecified atom stereocenters. The Kier molecular flexibility index (Phi) is 14.3. The van der Waals surface area contributed by atoms with Crippen molar-refractivity contribution in [3.8, 4) is 11.5 Å². The lowest BCUT2D eigenvalue weighted by atomic mass is 9.88. The first-order valence-corrected chi connectivity index (χ1v) is 13.3. The fourth-order valence-corrected chi connectivity index (χ4v) is 3.41. The second-order valence-corrected chi connectivity index (χ2v) is 9.59. The van der Waals surface area contributed by atoms with Crippen molar-refractivity contribution in [2.24, 2.45) is 11.7 Å². The van der Waals surface area contributed by atoms with Crippen LogP contribution in [0.25, 0.3) is 0 Å². The van der Waals surface area contributed by atoms with Crippen molar-refractivity contribution in [1.82, 2.24) is 0 Å². The third-order valence-electron chi connectivity index (χ3n) is 6.17. The number of ether oxygens (including phenoxy) is 6. The van der Waals surface area contributed by atoms with Crippen molar-refractivity contribution in [3.63, 3.8) is 0 Å². The Morgan fingerprint density at radius 2 is 1.46 bits per heavy atom. The molecule has 11 nitrogen and oxygen atoms in total. The SMILES string of the molecule is CCC[C@H](C)C(=O)OCCC(N)(Cc1ccc(OC(=O)OC(C)CC)c(OC(=O)OC(C)CC)c1)C(=O)OC. The van der Waals surface area contributed by atoms with Gasteiger partial charge in [-0.05, 0) is 50.8 Å². The predicted molar refractivity (Wildman–Crippen MR) is 142 cm³/mol. The molecular weight excluding hydrogens is 510 g/mol. The lowest BCUT2D eigenvalue weighted by molar-refractivity contribution is -0.153. The number of esters is 2. The van der Waals surface area contributed by atoms with Crippen LogP contribution in [0.15, 0.2) is 18.2 Å². The van der Waals surface area contributed by atoms with Crippen molar-refractivity contribution in [1.29, 1.82) is 0 Å². The molecule has 2 N–H and O–H groups in total. The summed E-state index contributed by atoms with van der Waals surface area (Å²) in [6.07, 6.45) is -0.164. The molecule has 0 amide bonds. The summed E-state index contributed by atoms with van der Waals surface area (Å²) in [5.41, 5.74) is 5.33. The lowest BCUT2D eigenvalue weighted by Crippen LogP contribution is -2.51. The van der Waals surface area contributed by atoms with E-state index in [1.807, 2.05) is 20.8 Å². The molecule has 0 fully saturated rings. The highest BCUT2D eigenvalue weighted by molar-refractivity contribution is 5.81. The molecule has 1 aromatic rings. The molecule has 39 heavy (non-hydrogen) atoms. The van der Waals surface area contributed by atoms with Crippen LogP contribution < -0.4 is 15.2 Å². The number of hydrogen-bond acceptors (Lipinski definition) is 11. The van der Waals surface area contributed by atoms with Crippen LogP contribution in [0.4, 0.5) is 9.59 Å². The largest absolute Gasteiger partial charge is 0.514 e. The summed E-state index contributed by atoms with van der Waals surface area (Å²) in [6.45, 7) is 10.8. The Bertz CT molecular complexity index is 966. The van der Waals surface area contributed by atoms with E-state index in [-0.39, 0.29) is 48.9 Å². The second kappa shape index (κ2) is 16.6. The fourth-order valence-electron chi connectivity index (χ4n) is 3.41. The summed E-state index contributed by atoms with van der Waals surface area (Å²) in [6, 6.07) is 4.35. The molecule has 0 aliphatic carbocycles. The van der Waals surface area contributed by atoms with E-state index in [9.17, 15) is 19.2 Å². The Morgan fingerprint density at radius 1 is 0.897 bits per heavy atom. The van der Waals surface area contributed by atoms with E-state index in [2.05, 4.69) is 0 Å². The molecule has 0 aromatic heterocycles. The number of nitrogens with two attached hydrogens (primary N) is 1. The maximum atomic E-state index is 12.6. The maximum absolute atomic E-state index is 12.6. The summed E-state index contributed by atoms with van der Waals surface area (Å²) in [4.78, 5) is 49.4. The van der Waals surface area contributed by atoms with E-state index in [1.165, 1.54) is 19.2 Å². The van der Waals surface area contributed by atoms with Gasteiger partial charge in [0.1, 0.15) is 17.7 Å². The number of benzene rings is 1. The number of carbonyl (C=O) groups excluding carboxylic acids is 4. The van der Waals surface area contributed by atoms with Crippen molar-refractivity contribution in [3.05, 3.63) is 23.8 Å². The molecule has 0 saturated heterocycles. The van der Waals surface area contributed by atoms with Crippen LogP contribution >= 0.6 is 0 Å². The van der Waals surface area contributed by atoms with E-state index in [4.69, 9.17) is 34.2 Å². The minimum Gasteiger partial charge on any atom is -0.468 e. The van der Waals surface area contributed by atoms with Crippen molar-refractivity contribution in [2.75, 3.05) is 13.7 Å². The van der Waals surface area contributed by atoms with Crippen LogP contribution in [0.5, 0.6) is 11.5 Å². The van der Waals surface area contributed by atoms with Gasteiger partial charge in [0.2, 0.25) is 0 Å². The first kappa shape index (κ1) is 33.7. The van der Waals surface area contributed by atoms with Crippen LogP contribution in [-0.4, -0.2) is 55.7 Å². The smallest absolute Gasteiger partial charge is 0.468 e. The molecular formula is C28H43NO10. The Labute approximate surface area is 230 Å². The number of carbonyl (C=O) groups is 4. The third-order valence-corrected chi connectivity index (χ3v) is 6.17. The monoisotopic (exact) mass is 553 g/mol. The summed E-state index contributed by atoms with van der Waals surface area (Å²) in [7, 11) is 1.21. The second-order valence-electron chi connectivity index (χ2n) is 9.59. The summed E-state index contributed by atoms with van der Waals surface area (Å²) in [5, 5.41) is 0. The van der Waals surface area contributed by atoms with Crippen molar-refractivity contribution < 1.29 is 47.6 Å². The first-order chi connectivity index (χ1) is 18.4. The standard InChI is InChI=1S/C28H43NO10/c1-8-11-18(4)24(30)35-15-14-28(29,25(31)34-7)17-21-12-13-22(38-26(32)36-19(5)9-2)23(16-21)39-27(33)37-20(6)10-3/h12-13,16,18-20H,8-11,14-15,17,29H2,1-7H3/t18-,19?,20?,28?/m0/s1. The van der Waals surface area contributed by atoms with Gasteiger partial charge in [0.05, 0.1) is 19.6 Å². The van der Waals surface area contributed by atoms with Gasteiger partial charge in [0, 0.05) is 12.8 Å². The van der Waals surface area contributed by atoms with Crippen molar-refractivity contribution >= 4 is 24.2 Å². The van der Waals surface area contributed by atoms with Gasteiger partial charge in [0.25, 0.3) is 0 Å². The molecule has 1 aromatic carbocycles. The third kappa shape index (κ3) is 11.5. The molecule has 11 heteroatoms. The maximum Gasteiger partial charge on any atom is 0.514 e. The zero-order valence-electron chi connectivity index (χ0n) is 24.1. The minimum absolute atomic E-state index is 0.0179. The number of hydrogen-bond donors (Lipinski definition) is 1. The number of rotatable bonds is 15. The van der Waals surface area contributed by atoms with Gasteiger partial charge in [-0.25, -0.2) is 9.59 Å². The molecule has 0 spiro atoms. The fraction of sp³-hybridized carbons (Fsp3) is 0.643. The normalized spacial score (nSPS) is 14.7. The summed E-state index contributed by atoms with van der Waals surface area (Å²) < 4.78 is 31.2. The van der Waals surface area contributed by atoms with Crippen LogP contribution in [0.3, 0.4) is 0 Å². The van der Waals surface area contributed by atoms with Crippen molar-refractivity contribution in [2.45, 2.75) is 97.8 Å². The van der Waals surface area contributed by atoms with Crippen LogP contribution in [0, 0.1) is 5.92 Å². The van der Waals surface area contributed by atoms with E-state index in [1.54, 1.807) is 26.8 Å². The van der Waals surface area contributed by atoms with Gasteiger partial charge in [-0.15, -0.1) is 0 Å². The highest BCUT2D eigenvalue weighted by Gasteiger charge is 2.36. The quantitative estimate of drug-likeness (QED) is 0.176. The molecule has 0 heterocycles. The van der Waals surface area contributed by atoms with Crippen LogP contribution in [0.1, 0.15) is 79.2 Å². The molecule has 1 rings (SSSR count). The van der Waals surface area contributed by atoms with Gasteiger partial charge in [-0.3, -0.25) is 9.59 Å². The lowest BCUT2D eigenvalue weighted by Gasteiger charge is -2.27. The average Bonchev–Trinajstić information content (AvgIpc) is 2.89. The van der Waals surface area contributed by atoms with E-state index < -0.39 is 29.9 Å². The Balaban J connectivity index is 3.18. The zero-order chi connectivity index (χ0) is 29.6. The average molecular weight is 554 g/mol. The van der Waals surface area contributed by atoms with E-state index >= 15 is 0 Å². The molecule has 0 aliphatic heterocycles. The molecule has 4 atom stereocenters. The number of methoxy groups -OCH3 is 1. The van der Waals surface area contributed by atoms with Gasteiger partial charge >= 0.3 is 24.2 Å².